The van der Waals surface area contributed by atoms with Crippen LogP contribution in [0.4, 0.5) is 0 Å². The highest BCUT2D eigenvalue weighted by Crippen LogP contribution is 2.17. The summed E-state index contributed by atoms with van der Waals surface area (Å²) in [6, 6.07) is 0. The number of carbonyl (C=O) groups is 3. The summed E-state index contributed by atoms with van der Waals surface area (Å²) in [4.78, 5) is 37.6. The van der Waals surface area contributed by atoms with Crippen molar-refractivity contribution in [3.63, 3.8) is 0 Å². The molecule has 95 heavy (non-hydrogen) atoms. The van der Waals surface area contributed by atoms with Crippen molar-refractivity contribution in [2.45, 2.75) is 309 Å². The highest BCUT2D eigenvalue weighted by Gasteiger charge is 2.22. The Morgan fingerprint density at radius 3 is 0.842 bits per heavy atom. The van der Waals surface area contributed by atoms with Crippen molar-refractivity contribution in [3.8, 4) is 0 Å². The van der Waals surface area contributed by atoms with Crippen LogP contribution in [0.15, 0.2) is 170 Å². The number of rotatable bonds is 69. The SMILES string of the molecule is CC/C=C\C/C=C\C/C=C\C/C=C\C/C=C\C/C=C\C/C=C\C/C=C\CCCCCCCCCCCCC(=O)OC(COC(=O)CCCCCCCCCCCCCCCCCC/C=C\C/C=C\C/C=C\C/C=C\C/C=C\C/C=C\CC)COC(OCC[N+](C)(C)C)C(=O)[O-]. The number of esters is 2. The van der Waals surface area contributed by atoms with Gasteiger partial charge in [0.15, 0.2) is 12.4 Å². The largest absolute Gasteiger partial charge is 0.545 e. The Hall–Kier alpha value is -5.35. The summed E-state index contributed by atoms with van der Waals surface area (Å²) in [6.45, 7) is 4.52. The summed E-state index contributed by atoms with van der Waals surface area (Å²) < 4.78 is 22.8. The Kier molecular flexibility index (Phi) is 70.2. The van der Waals surface area contributed by atoms with Crippen molar-refractivity contribution in [2.75, 3.05) is 47.5 Å². The number of hydrogen-bond acceptors (Lipinski definition) is 8. The number of allylic oxidation sites excluding steroid dienone is 28. The molecule has 2 atom stereocenters. The number of aliphatic carboxylic acids is 1. The fourth-order valence-electron chi connectivity index (χ4n) is 10.2. The Labute approximate surface area is 584 Å². The fourth-order valence-corrected chi connectivity index (χ4v) is 10.2. The summed E-state index contributed by atoms with van der Waals surface area (Å²) in [7, 11) is 5.93. The minimum absolute atomic E-state index is 0.140. The van der Waals surface area contributed by atoms with Gasteiger partial charge in [-0.2, -0.15) is 0 Å². The van der Waals surface area contributed by atoms with E-state index in [0.29, 0.717) is 17.4 Å². The van der Waals surface area contributed by atoms with Crippen LogP contribution < -0.4 is 5.11 Å². The van der Waals surface area contributed by atoms with Crippen LogP contribution in [0.5, 0.6) is 0 Å². The van der Waals surface area contributed by atoms with E-state index in [-0.39, 0.29) is 38.6 Å². The van der Waals surface area contributed by atoms with Crippen LogP contribution in [0.1, 0.15) is 296 Å². The fraction of sp³-hybridized carbons (Fsp3) is 0.640. The number of nitrogens with zero attached hydrogens (tertiary/aromatic N) is 1. The van der Waals surface area contributed by atoms with Crippen molar-refractivity contribution in [2.24, 2.45) is 0 Å². The third kappa shape index (κ3) is 75.9. The summed E-state index contributed by atoms with van der Waals surface area (Å²) >= 11 is 0. The van der Waals surface area contributed by atoms with Gasteiger partial charge in [-0.1, -0.05) is 325 Å². The van der Waals surface area contributed by atoms with E-state index in [1.807, 2.05) is 21.1 Å². The van der Waals surface area contributed by atoms with Crippen molar-refractivity contribution in [1.82, 2.24) is 0 Å². The van der Waals surface area contributed by atoms with Gasteiger partial charge in [0.25, 0.3) is 0 Å². The van der Waals surface area contributed by atoms with Crippen LogP contribution in [0.2, 0.25) is 0 Å². The summed E-state index contributed by atoms with van der Waals surface area (Å²) in [5, 5.41) is 11.9. The van der Waals surface area contributed by atoms with Gasteiger partial charge in [-0.25, -0.2) is 0 Å². The lowest BCUT2D eigenvalue weighted by Crippen LogP contribution is -2.44. The predicted octanol–water partition coefficient (Wildman–Crippen LogP) is 23.2. The molecule has 0 aromatic carbocycles. The Bertz CT molecular complexity index is 2170. The second-order valence-electron chi connectivity index (χ2n) is 26.2. The first-order valence-corrected chi connectivity index (χ1v) is 38.3. The number of carboxylic acid groups (broad SMARTS) is 1. The van der Waals surface area contributed by atoms with Gasteiger partial charge in [0.2, 0.25) is 0 Å². The van der Waals surface area contributed by atoms with Crippen molar-refractivity contribution in [3.05, 3.63) is 170 Å². The molecule has 0 aliphatic carbocycles. The maximum atomic E-state index is 13.0. The Morgan fingerprint density at radius 1 is 0.316 bits per heavy atom. The molecule has 0 aromatic rings. The summed E-state index contributed by atoms with van der Waals surface area (Å²) in [5.41, 5.74) is 0. The third-order valence-corrected chi connectivity index (χ3v) is 16.0. The molecule has 0 aliphatic rings. The number of unbranched alkanes of at least 4 members (excludes halogenated alkanes) is 26. The second-order valence-corrected chi connectivity index (χ2v) is 26.2. The average molecular weight is 1320 g/mol. The predicted molar refractivity (Wildman–Crippen MR) is 407 cm³/mol. The molecular weight excluding hydrogens is 1170 g/mol. The zero-order valence-corrected chi connectivity index (χ0v) is 61.5. The molecule has 0 rings (SSSR count). The Morgan fingerprint density at radius 2 is 0.568 bits per heavy atom. The van der Waals surface area contributed by atoms with Gasteiger partial charge in [0, 0.05) is 12.8 Å². The molecule has 9 nitrogen and oxygen atoms in total. The van der Waals surface area contributed by atoms with E-state index < -0.39 is 24.3 Å². The van der Waals surface area contributed by atoms with Crippen molar-refractivity contribution >= 4 is 17.9 Å². The number of carbonyl (C=O) groups excluding carboxylic acids is 3. The number of carboxylic acids is 1. The molecule has 538 valence electrons. The Balaban J connectivity index is 4.12. The maximum Gasteiger partial charge on any atom is 0.306 e. The van der Waals surface area contributed by atoms with E-state index in [9.17, 15) is 19.5 Å². The smallest absolute Gasteiger partial charge is 0.306 e. The normalized spacial score (nSPS) is 13.7. The number of ether oxygens (including phenoxy) is 4. The number of hydrogen-bond donors (Lipinski definition) is 0. The van der Waals surface area contributed by atoms with Crippen LogP contribution >= 0.6 is 0 Å². The highest BCUT2D eigenvalue weighted by atomic mass is 16.7. The van der Waals surface area contributed by atoms with Crippen molar-refractivity contribution < 1.29 is 42.9 Å². The molecule has 2 unspecified atom stereocenters. The van der Waals surface area contributed by atoms with E-state index in [1.165, 1.54) is 128 Å². The summed E-state index contributed by atoms with van der Waals surface area (Å²) in [5.74, 6) is -2.29. The minimum atomic E-state index is -1.63. The third-order valence-electron chi connectivity index (χ3n) is 16.0. The first-order chi connectivity index (χ1) is 46.6. The average Bonchev–Trinajstić information content (AvgIpc) is 3.58. The quantitative estimate of drug-likeness (QED) is 0.0195. The van der Waals surface area contributed by atoms with E-state index in [4.69, 9.17) is 18.9 Å². The molecule has 0 amide bonds. The lowest BCUT2D eigenvalue weighted by molar-refractivity contribution is -0.870. The zero-order chi connectivity index (χ0) is 69.0. The zero-order valence-electron chi connectivity index (χ0n) is 61.5. The number of likely N-dealkylation sites (N-methyl/N-ethyl adjacent to an activating group) is 1. The van der Waals surface area contributed by atoms with Crippen LogP contribution in [0.3, 0.4) is 0 Å². The van der Waals surface area contributed by atoms with E-state index in [1.54, 1.807) is 0 Å². The molecule has 0 spiro atoms. The molecular formula is C86H141NO8. The monoisotopic (exact) mass is 1320 g/mol. The molecule has 0 aliphatic heterocycles. The lowest BCUT2D eigenvalue weighted by atomic mass is 10.0. The topological polar surface area (TPSA) is 111 Å². The standard InChI is InChI=1S/C86H141NO8/c1-6-8-10-12-14-16-18-20-22-24-26-28-30-32-34-36-38-40-42-44-46-48-50-52-54-56-58-60-62-64-66-68-70-72-74-76-83(88)93-80-82(81-94-86(85(90)91)92-79-78-87(3,4)5)95-84(89)77-75-73-71-69-67-65-63-61-59-57-55-53-51-49-47-45-43-41-39-37-35-33-31-29-27-25-23-21-19-17-15-13-11-9-7-2/h8-11,14-17,20-23,26-29,32-35,38-41,45,47,51,53,82,86H,6-7,12-13,18-19,24-25,30-31,36-37,42-44,46,48-50,52,54-81H2,1-5H3/b10-8-,11-9-,16-14-,17-15-,22-20-,23-21-,28-26-,29-27-,34-32-,35-33-,40-38-,41-39-,47-45-,53-51-. The van der Waals surface area contributed by atoms with Crippen LogP contribution in [-0.4, -0.2) is 82.3 Å². The van der Waals surface area contributed by atoms with Crippen LogP contribution in [-0.2, 0) is 33.3 Å². The first kappa shape index (κ1) is 89.6. The van der Waals surface area contributed by atoms with E-state index in [0.717, 1.165) is 135 Å². The van der Waals surface area contributed by atoms with E-state index in [2.05, 4.69) is 184 Å². The summed E-state index contributed by atoms with van der Waals surface area (Å²) in [6.07, 6.45) is 109. The molecule has 9 heteroatoms. The van der Waals surface area contributed by atoms with Crippen LogP contribution in [0.25, 0.3) is 0 Å². The molecule has 0 N–H and O–H groups in total. The minimum Gasteiger partial charge on any atom is -0.545 e. The van der Waals surface area contributed by atoms with Gasteiger partial charge in [0.05, 0.1) is 40.3 Å². The molecule has 0 saturated heterocycles. The van der Waals surface area contributed by atoms with Gasteiger partial charge in [-0.05, 0) is 128 Å². The van der Waals surface area contributed by atoms with Gasteiger partial charge in [0.1, 0.15) is 13.2 Å². The van der Waals surface area contributed by atoms with Gasteiger partial charge >= 0.3 is 11.9 Å². The molecule has 0 heterocycles. The first-order valence-electron chi connectivity index (χ1n) is 38.3. The number of quaternary nitrogens is 1. The van der Waals surface area contributed by atoms with Crippen molar-refractivity contribution in [1.29, 1.82) is 0 Å². The van der Waals surface area contributed by atoms with Gasteiger partial charge < -0.3 is 33.3 Å². The maximum absolute atomic E-state index is 13.0. The van der Waals surface area contributed by atoms with Crippen LogP contribution in [0, 0.1) is 0 Å². The second kappa shape index (κ2) is 74.4. The van der Waals surface area contributed by atoms with E-state index >= 15 is 0 Å². The van der Waals surface area contributed by atoms with Gasteiger partial charge in [-0.3, -0.25) is 9.59 Å². The molecule has 0 aromatic heterocycles. The lowest BCUT2D eigenvalue weighted by Gasteiger charge is -2.26. The molecule has 0 saturated carbocycles. The molecule has 0 radical (unpaired) electrons. The molecule has 0 bridgehead atoms. The van der Waals surface area contributed by atoms with Gasteiger partial charge in [-0.15, -0.1) is 0 Å². The molecule has 0 fully saturated rings. The highest BCUT2D eigenvalue weighted by molar-refractivity contribution is 5.70.